The van der Waals surface area contributed by atoms with Crippen LogP contribution in [-0.2, 0) is 24.1 Å². The van der Waals surface area contributed by atoms with E-state index in [1.807, 2.05) is 0 Å². The van der Waals surface area contributed by atoms with E-state index in [-0.39, 0.29) is 30.9 Å². The van der Waals surface area contributed by atoms with Crippen molar-refractivity contribution < 1.29 is 24.1 Å². The van der Waals surface area contributed by atoms with Gasteiger partial charge in [-0.05, 0) is 0 Å². The first kappa shape index (κ1) is 18.0. The maximum Gasteiger partial charge on any atom is -0.147 e. The van der Waals surface area contributed by atoms with Crippen molar-refractivity contribution in [2.75, 3.05) is 0 Å². The van der Waals surface area contributed by atoms with E-state index < -0.39 is 0 Å². The zero-order chi connectivity index (χ0) is 11.5. The van der Waals surface area contributed by atoms with Gasteiger partial charge in [0.05, 0.1) is 0 Å². The Balaban J connectivity index is 0.00000144. The SMILES string of the molecule is CC1=C(c2ccccc2C(C)[O][Ti])CC=C1.Cl.Cl. The summed E-state index contributed by atoms with van der Waals surface area (Å²) in [5.74, 6) is 0. The quantitative estimate of drug-likeness (QED) is 0.727. The zero-order valence-electron chi connectivity index (χ0n) is 10.5. The van der Waals surface area contributed by atoms with E-state index in [1.54, 1.807) is 20.8 Å². The predicted molar refractivity (Wildman–Crippen MR) is 76.8 cm³/mol. The van der Waals surface area contributed by atoms with Crippen LogP contribution < -0.4 is 0 Å². The molecule has 1 nitrogen and oxygen atoms in total. The maximum atomic E-state index is 5.43. The van der Waals surface area contributed by atoms with Crippen molar-refractivity contribution in [2.45, 2.75) is 26.4 Å². The molecule has 1 aliphatic rings. The monoisotopic (exact) mass is 319 g/mol. The van der Waals surface area contributed by atoms with Crippen molar-refractivity contribution in [3.05, 3.63) is 53.1 Å². The molecule has 97 valence electrons. The summed E-state index contributed by atoms with van der Waals surface area (Å²) in [4.78, 5) is 0. The summed E-state index contributed by atoms with van der Waals surface area (Å²) in [6.45, 7) is 4.27. The van der Waals surface area contributed by atoms with Gasteiger partial charge in [-0.3, -0.25) is 0 Å². The molecule has 2 rings (SSSR count). The van der Waals surface area contributed by atoms with Crippen LogP contribution in [0, 0.1) is 0 Å². The number of halogens is 2. The Morgan fingerprint density at radius 1 is 1.22 bits per heavy atom. The summed E-state index contributed by atoms with van der Waals surface area (Å²) < 4.78 is 5.43. The van der Waals surface area contributed by atoms with Gasteiger partial charge >= 0.3 is 109 Å². The Kier molecular flexibility index (Phi) is 8.17. The molecule has 0 fully saturated rings. The molecule has 1 aromatic carbocycles. The van der Waals surface area contributed by atoms with E-state index in [0.717, 1.165) is 6.42 Å². The van der Waals surface area contributed by atoms with Gasteiger partial charge in [0.2, 0.25) is 0 Å². The molecule has 1 aromatic rings. The molecule has 1 aliphatic carbocycles. The summed E-state index contributed by atoms with van der Waals surface area (Å²) in [7, 11) is 0. The van der Waals surface area contributed by atoms with Crippen LogP contribution in [0.5, 0.6) is 0 Å². The molecule has 1 unspecified atom stereocenters. The molecule has 4 heteroatoms. The smallest absolute Gasteiger partial charge is 0.147 e. The summed E-state index contributed by atoms with van der Waals surface area (Å²) >= 11 is 1.76. The molecule has 0 bridgehead atoms. The number of rotatable bonds is 3. The first-order chi connectivity index (χ1) is 7.74. The van der Waals surface area contributed by atoms with Crippen molar-refractivity contribution in [1.29, 1.82) is 0 Å². The van der Waals surface area contributed by atoms with Gasteiger partial charge in [-0.1, -0.05) is 0 Å². The zero-order valence-corrected chi connectivity index (χ0v) is 13.7. The molecule has 0 saturated carbocycles. The number of benzene rings is 1. The fourth-order valence-electron chi connectivity index (χ4n) is 2.13. The van der Waals surface area contributed by atoms with Gasteiger partial charge in [0.15, 0.2) is 0 Å². The van der Waals surface area contributed by atoms with Crippen LogP contribution in [0.1, 0.15) is 37.5 Å². The van der Waals surface area contributed by atoms with Gasteiger partial charge in [0.1, 0.15) is 0 Å². The third-order valence-corrected chi connectivity index (χ3v) is 3.62. The minimum atomic E-state index is 0. The Morgan fingerprint density at radius 3 is 2.44 bits per heavy atom. The molecule has 0 N–H and O–H groups in total. The Bertz CT molecular complexity index is 455. The second kappa shape index (κ2) is 8.19. The molecule has 18 heavy (non-hydrogen) atoms. The van der Waals surface area contributed by atoms with E-state index in [2.05, 4.69) is 50.3 Å². The van der Waals surface area contributed by atoms with Crippen LogP contribution in [0.3, 0.4) is 0 Å². The average molecular weight is 320 g/mol. The Hall–Kier alpha value is -0.0457. The molecular weight excluding hydrogens is 303 g/mol. The van der Waals surface area contributed by atoms with E-state index in [4.69, 9.17) is 3.32 Å². The fraction of sp³-hybridized carbons (Fsp3) is 0.286. The van der Waals surface area contributed by atoms with Crippen LogP contribution in [0.4, 0.5) is 0 Å². The summed E-state index contributed by atoms with van der Waals surface area (Å²) in [6, 6.07) is 8.52. The normalized spacial score (nSPS) is 14.9. The number of allylic oxidation sites excluding steroid dienone is 4. The topological polar surface area (TPSA) is 9.23 Å². The minimum Gasteiger partial charge on any atom is -0.147 e. The molecule has 0 radical (unpaired) electrons. The molecule has 0 saturated heterocycles. The molecule has 0 amide bonds. The predicted octanol–water partition coefficient (Wildman–Crippen LogP) is 4.80. The van der Waals surface area contributed by atoms with Crippen LogP contribution >= 0.6 is 24.8 Å². The number of hydrogen-bond donors (Lipinski definition) is 0. The van der Waals surface area contributed by atoms with Crippen LogP contribution in [0.25, 0.3) is 5.57 Å². The average Bonchev–Trinajstić information content (AvgIpc) is 2.74. The van der Waals surface area contributed by atoms with E-state index in [0.29, 0.717) is 0 Å². The van der Waals surface area contributed by atoms with Crippen molar-refractivity contribution in [1.82, 2.24) is 0 Å². The van der Waals surface area contributed by atoms with Crippen LogP contribution in [0.15, 0.2) is 42.0 Å². The molecule has 0 spiro atoms. The number of hydrogen-bond acceptors (Lipinski definition) is 1. The van der Waals surface area contributed by atoms with Gasteiger partial charge in [-0.2, -0.15) is 0 Å². The van der Waals surface area contributed by atoms with Crippen molar-refractivity contribution in [3.63, 3.8) is 0 Å². The third kappa shape index (κ3) is 3.72. The van der Waals surface area contributed by atoms with Crippen LogP contribution in [-0.4, -0.2) is 0 Å². The second-order valence-electron chi connectivity index (χ2n) is 4.12. The van der Waals surface area contributed by atoms with E-state index >= 15 is 0 Å². The third-order valence-electron chi connectivity index (χ3n) is 3.07. The first-order valence-electron chi connectivity index (χ1n) is 5.52. The van der Waals surface area contributed by atoms with Gasteiger partial charge in [0, 0.05) is 0 Å². The first-order valence-corrected chi connectivity index (χ1v) is 6.15. The largest absolute Gasteiger partial charge is 0.147 e. The molecule has 1 atom stereocenters. The van der Waals surface area contributed by atoms with E-state index in [1.165, 1.54) is 22.3 Å². The summed E-state index contributed by atoms with van der Waals surface area (Å²) in [5.41, 5.74) is 5.41. The van der Waals surface area contributed by atoms with Crippen molar-refractivity contribution in [2.24, 2.45) is 0 Å². The minimum absolute atomic E-state index is 0. The molecule has 0 aromatic heterocycles. The van der Waals surface area contributed by atoms with Gasteiger partial charge in [-0.25, -0.2) is 0 Å². The molecule has 0 aliphatic heterocycles. The van der Waals surface area contributed by atoms with Crippen LogP contribution in [0.2, 0.25) is 0 Å². The Labute approximate surface area is 133 Å². The summed E-state index contributed by atoms with van der Waals surface area (Å²) in [6.07, 6.45) is 5.61. The molecule has 0 heterocycles. The van der Waals surface area contributed by atoms with E-state index in [9.17, 15) is 0 Å². The standard InChI is InChI=1S/C14H15O.2ClH.Ti/c1-10-6-5-9-12(10)14-8-4-3-7-13(14)11(2)15;;;/h3-8,11H,9H2,1-2H3;2*1H;/q-1;;;+1. The Morgan fingerprint density at radius 2 is 1.89 bits per heavy atom. The van der Waals surface area contributed by atoms with Crippen molar-refractivity contribution in [3.8, 4) is 0 Å². The fourth-order valence-corrected chi connectivity index (χ4v) is 2.33. The van der Waals surface area contributed by atoms with Gasteiger partial charge < -0.3 is 0 Å². The summed E-state index contributed by atoms with van der Waals surface area (Å²) in [5, 5.41) is 0. The maximum absolute atomic E-state index is 5.43. The second-order valence-corrected chi connectivity index (χ2v) is 4.48. The molecular formula is C14H17Cl2OTi. The van der Waals surface area contributed by atoms with Gasteiger partial charge in [-0.15, -0.1) is 24.8 Å². The van der Waals surface area contributed by atoms with Crippen molar-refractivity contribution >= 4 is 30.4 Å². The van der Waals surface area contributed by atoms with Gasteiger partial charge in [0.25, 0.3) is 0 Å².